The summed E-state index contributed by atoms with van der Waals surface area (Å²) < 4.78 is 5.21. The molecular weight excluding hydrogens is 200 g/mol. The summed E-state index contributed by atoms with van der Waals surface area (Å²) in [6.45, 7) is 8.10. The van der Waals surface area contributed by atoms with Gasteiger partial charge >= 0.3 is 0 Å². The number of rotatable bonds is 5. The van der Waals surface area contributed by atoms with E-state index in [0.29, 0.717) is 6.04 Å². The van der Waals surface area contributed by atoms with Crippen molar-refractivity contribution in [3.8, 4) is 0 Å². The van der Waals surface area contributed by atoms with Crippen LogP contribution < -0.4 is 10.6 Å². The molecule has 0 aliphatic carbocycles. The molecule has 1 aromatic carbocycles. The van der Waals surface area contributed by atoms with E-state index in [1.165, 1.54) is 11.3 Å². The normalized spacial score (nSPS) is 12.5. The number of methoxy groups -OCH3 is 1. The summed E-state index contributed by atoms with van der Waals surface area (Å²) in [7, 11) is 1.73. The van der Waals surface area contributed by atoms with Crippen molar-refractivity contribution in [1.82, 2.24) is 0 Å². The van der Waals surface area contributed by atoms with Crippen molar-refractivity contribution in [1.29, 1.82) is 0 Å². The molecule has 0 heterocycles. The van der Waals surface area contributed by atoms with Crippen molar-refractivity contribution in [2.45, 2.75) is 26.8 Å². The molecule has 1 aromatic rings. The highest BCUT2D eigenvalue weighted by Crippen LogP contribution is 2.24. The van der Waals surface area contributed by atoms with E-state index in [1.807, 2.05) is 12.1 Å². The SMILES string of the molecule is CCN(c1cc(N)ccc1C)C(C)COC. The molecule has 16 heavy (non-hydrogen) atoms. The van der Waals surface area contributed by atoms with Crippen LogP contribution in [0.3, 0.4) is 0 Å². The molecule has 2 N–H and O–H groups in total. The molecule has 3 nitrogen and oxygen atoms in total. The molecular formula is C13H22N2O. The lowest BCUT2D eigenvalue weighted by molar-refractivity contribution is 0.182. The zero-order valence-electron chi connectivity index (χ0n) is 10.7. The van der Waals surface area contributed by atoms with E-state index in [2.05, 4.69) is 31.7 Å². The van der Waals surface area contributed by atoms with E-state index < -0.39 is 0 Å². The van der Waals surface area contributed by atoms with E-state index in [9.17, 15) is 0 Å². The first-order valence-electron chi connectivity index (χ1n) is 5.71. The molecule has 0 spiro atoms. The highest BCUT2D eigenvalue weighted by atomic mass is 16.5. The molecule has 3 heteroatoms. The molecule has 0 amide bonds. The number of ether oxygens (including phenoxy) is 1. The molecule has 0 saturated carbocycles. The van der Waals surface area contributed by atoms with Gasteiger partial charge in [0.1, 0.15) is 0 Å². The van der Waals surface area contributed by atoms with Gasteiger partial charge in [0, 0.05) is 31.1 Å². The third kappa shape index (κ3) is 2.89. The van der Waals surface area contributed by atoms with Gasteiger partial charge in [-0.15, -0.1) is 0 Å². The van der Waals surface area contributed by atoms with Crippen LogP contribution in [0.15, 0.2) is 18.2 Å². The largest absolute Gasteiger partial charge is 0.399 e. The summed E-state index contributed by atoms with van der Waals surface area (Å²) in [5.74, 6) is 0. The van der Waals surface area contributed by atoms with Gasteiger partial charge in [-0.1, -0.05) is 6.07 Å². The molecule has 0 saturated heterocycles. The minimum atomic E-state index is 0.357. The van der Waals surface area contributed by atoms with Gasteiger partial charge in [0.15, 0.2) is 0 Å². The monoisotopic (exact) mass is 222 g/mol. The fourth-order valence-electron chi connectivity index (χ4n) is 1.99. The van der Waals surface area contributed by atoms with Gasteiger partial charge in [0.05, 0.1) is 6.61 Å². The van der Waals surface area contributed by atoms with Gasteiger partial charge in [0.2, 0.25) is 0 Å². The van der Waals surface area contributed by atoms with Crippen molar-refractivity contribution in [2.24, 2.45) is 0 Å². The summed E-state index contributed by atoms with van der Waals surface area (Å²) in [5.41, 5.74) is 9.10. The molecule has 0 radical (unpaired) electrons. The van der Waals surface area contributed by atoms with Gasteiger partial charge < -0.3 is 15.4 Å². The third-order valence-corrected chi connectivity index (χ3v) is 2.82. The lowest BCUT2D eigenvalue weighted by Crippen LogP contribution is -2.36. The molecule has 0 aliphatic rings. The minimum absolute atomic E-state index is 0.357. The topological polar surface area (TPSA) is 38.5 Å². The standard InChI is InChI=1S/C13H22N2O/c1-5-15(11(3)9-16-4)13-8-12(14)7-6-10(13)2/h6-8,11H,5,9,14H2,1-4H3. The van der Waals surface area contributed by atoms with Gasteiger partial charge in [-0.05, 0) is 38.5 Å². The van der Waals surface area contributed by atoms with Crippen molar-refractivity contribution in [3.63, 3.8) is 0 Å². The first-order chi connectivity index (χ1) is 7.60. The fourth-order valence-corrected chi connectivity index (χ4v) is 1.99. The van der Waals surface area contributed by atoms with Gasteiger partial charge in [-0.2, -0.15) is 0 Å². The van der Waals surface area contributed by atoms with Crippen LogP contribution in [0.2, 0.25) is 0 Å². The maximum Gasteiger partial charge on any atom is 0.0663 e. The summed E-state index contributed by atoms with van der Waals surface area (Å²) in [6, 6.07) is 6.39. The number of nitrogens with two attached hydrogens (primary N) is 1. The van der Waals surface area contributed by atoms with Crippen LogP contribution in [0.5, 0.6) is 0 Å². The first kappa shape index (κ1) is 12.8. The highest BCUT2D eigenvalue weighted by molar-refractivity contribution is 5.61. The number of benzene rings is 1. The number of aryl methyl sites for hydroxylation is 1. The Kier molecular flexibility index (Phi) is 4.62. The van der Waals surface area contributed by atoms with Crippen molar-refractivity contribution in [2.75, 3.05) is 30.9 Å². The van der Waals surface area contributed by atoms with Crippen LogP contribution in [0.1, 0.15) is 19.4 Å². The molecule has 1 atom stereocenters. The quantitative estimate of drug-likeness (QED) is 0.778. The Morgan fingerprint density at radius 1 is 1.44 bits per heavy atom. The second-order valence-electron chi connectivity index (χ2n) is 4.14. The molecule has 0 aliphatic heterocycles. The molecule has 0 bridgehead atoms. The van der Waals surface area contributed by atoms with E-state index >= 15 is 0 Å². The number of anilines is 2. The zero-order chi connectivity index (χ0) is 12.1. The maximum absolute atomic E-state index is 5.84. The summed E-state index contributed by atoms with van der Waals surface area (Å²) in [4.78, 5) is 2.31. The van der Waals surface area contributed by atoms with Crippen molar-refractivity contribution in [3.05, 3.63) is 23.8 Å². The number of nitrogen functional groups attached to an aromatic ring is 1. The van der Waals surface area contributed by atoms with Crippen LogP contribution in [0, 0.1) is 6.92 Å². The molecule has 1 rings (SSSR count). The fraction of sp³-hybridized carbons (Fsp3) is 0.538. The number of hydrogen-bond acceptors (Lipinski definition) is 3. The number of hydrogen-bond donors (Lipinski definition) is 1. The van der Waals surface area contributed by atoms with Gasteiger partial charge in [-0.3, -0.25) is 0 Å². The van der Waals surface area contributed by atoms with E-state index in [1.54, 1.807) is 7.11 Å². The Hall–Kier alpha value is -1.22. The summed E-state index contributed by atoms with van der Waals surface area (Å²) in [5, 5.41) is 0. The zero-order valence-corrected chi connectivity index (χ0v) is 10.7. The second kappa shape index (κ2) is 5.75. The Bertz CT molecular complexity index is 339. The lowest BCUT2D eigenvalue weighted by atomic mass is 10.1. The second-order valence-corrected chi connectivity index (χ2v) is 4.14. The predicted octanol–water partition coefficient (Wildman–Crippen LogP) is 2.44. The van der Waals surface area contributed by atoms with Gasteiger partial charge in [-0.25, -0.2) is 0 Å². The lowest BCUT2D eigenvalue weighted by Gasteiger charge is -2.31. The third-order valence-electron chi connectivity index (χ3n) is 2.82. The summed E-state index contributed by atoms with van der Waals surface area (Å²) in [6.07, 6.45) is 0. The first-order valence-corrected chi connectivity index (χ1v) is 5.71. The molecule has 1 unspecified atom stereocenters. The molecule has 90 valence electrons. The Morgan fingerprint density at radius 2 is 2.12 bits per heavy atom. The summed E-state index contributed by atoms with van der Waals surface area (Å²) >= 11 is 0. The molecule has 0 fully saturated rings. The van der Waals surface area contributed by atoms with E-state index in [4.69, 9.17) is 10.5 Å². The van der Waals surface area contributed by atoms with Crippen LogP contribution in [-0.2, 0) is 4.74 Å². The predicted molar refractivity (Wildman–Crippen MR) is 69.9 cm³/mol. The average Bonchev–Trinajstić information content (AvgIpc) is 2.24. The number of likely N-dealkylation sites (N-methyl/N-ethyl adjacent to an activating group) is 1. The van der Waals surface area contributed by atoms with Crippen LogP contribution in [0.25, 0.3) is 0 Å². The van der Waals surface area contributed by atoms with Crippen LogP contribution in [0.4, 0.5) is 11.4 Å². The smallest absolute Gasteiger partial charge is 0.0663 e. The Labute approximate surface area is 98.2 Å². The maximum atomic E-state index is 5.84. The van der Waals surface area contributed by atoms with E-state index in [-0.39, 0.29) is 0 Å². The van der Waals surface area contributed by atoms with E-state index in [0.717, 1.165) is 18.8 Å². The van der Waals surface area contributed by atoms with Crippen LogP contribution >= 0.6 is 0 Å². The van der Waals surface area contributed by atoms with Crippen LogP contribution in [-0.4, -0.2) is 26.3 Å². The van der Waals surface area contributed by atoms with Crippen molar-refractivity contribution < 1.29 is 4.74 Å². The molecule has 0 aromatic heterocycles. The van der Waals surface area contributed by atoms with Gasteiger partial charge in [0.25, 0.3) is 0 Å². The Balaban J connectivity index is 2.98. The highest BCUT2D eigenvalue weighted by Gasteiger charge is 2.14. The number of nitrogens with zero attached hydrogens (tertiary/aromatic N) is 1. The average molecular weight is 222 g/mol. The minimum Gasteiger partial charge on any atom is -0.399 e. The van der Waals surface area contributed by atoms with Crippen molar-refractivity contribution >= 4 is 11.4 Å². The Morgan fingerprint density at radius 3 is 2.69 bits per heavy atom.